The fraction of sp³-hybridized carbons (Fsp3) is 0.273. The van der Waals surface area contributed by atoms with Crippen LogP contribution in [0.3, 0.4) is 0 Å². The number of nitrogens with zero attached hydrogens (tertiary/aromatic N) is 1. The molecule has 0 unspecified atom stereocenters. The average Bonchev–Trinajstić information content (AvgIpc) is 3.30. The van der Waals surface area contributed by atoms with Crippen molar-refractivity contribution in [1.29, 1.82) is 0 Å². The predicted octanol–water partition coefficient (Wildman–Crippen LogP) is -0.0761. The minimum absolute atomic E-state index is 0.0871. The molecule has 0 aliphatic heterocycles. The summed E-state index contributed by atoms with van der Waals surface area (Å²) in [5, 5.41) is 10.8. The van der Waals surface area contributed by atoms with Gasteiger partial charge in [0.2, 0.25) is 0 Å². The van der Waals surface area contributed by atoms with E-state index in [0.717, 1.165) is 6.21 Å². The fourth-order valence-corrected chi connectivity index (χ4v) is 2.45. The van der Waals surface area contributed by atoms with Crippen LogP contribution in [-0.4, -0.2) is 62.7 Å². The number of hydrazone groups is 1. The average molecular weight is 487 g/mol. The molecule has 1 heterocycles. The molecule has 0 atom stereocenters. The van der Waals surface area contributed by atoms with Gasteiger partial charge in [-0.2, -0.15) is 5.10 Å². The van der Waals surface area contributed by atoms with Crippen LogP contribution in [0.2, 0.25) is 0 Å². The molecule has 0 saturated carbocycles. The fourth-order valence-electron chi connectivity index (χ4n) is 2.45. The summed E-state index contributed by atoms with van der Waals surface area (Å²) in [6.07, 6.45) is 1.16. The van der Waals surface area contributed by atoms with Crippen molar-refractivity contribution in [1.82, 2.24) is 16.1 Å². The molecule has 2 aromatic rings. The highest BCUT2D eigenvalue weighted by molar-refractivity contribution is 6.39. The Labute approximate surface area is 200 Å². The van der Waals surface area contributed by atoms with Gasteiger partial charge in [-0.3, -0.25) is 19.2 Å². The third-order valence-corrected chi connectivity index (χ3v) is 4.12. The molecule has 0 fully saturated rings. The topological polar surface area (TPSA) is 177 Å². The molecule has 4 N–H and O–H groups in total. The molecule has 0 radical (unpaired) electrons. The van der Waals surface area contributed by atoms with Gasteiger partial charge in [0.1, 0.15) is 11.5 Å². The van der Waals surface area contributed by atoms with Crippen LogP contribution in [0, 0.1) is 0 Å². The van der Waals surface area contributed by atoms with E-state index in [9.17, 15) is 24.0 Å². The molecule has 13 nitrogen and oxygen atoms in total. The SMILES string of the molecule is CCOC(=O)c1ccc(NC(=O)C(=O)NCc2ccc(/C=N/NC(=O)C(=O)NCCOC)o2)cc1. The van der Waals surface area contributed by atoms with Crippen LogP contribution in [-0.2, 0) is 35.2 Å². The Morgan fingerprint density at radius 1 is 0.943 bits per heavy atom. The molecule has 13 heteroatoms. The van der Waals surface area contributed by atoms with Crippen molar-refractivity contribution in [2.75, 3.05) is 32.2 Å². The molecule has 1 aromatic heterocycles. The van der Waals surface area contributed by atoms with Gasteiger partial charge < -0.3 is 29.8 Å². The van der Waals surface area contributed by atoms with E-state index in [1.807, 2.05) is 5.43 Å². The van der Waals surface area contributed by atoms with Gasteiger partial charge in [-0.25, -0.2) is 10.2 Å². The third kappa shape index (κ3) is 9.09. The number of anilines is 1. The van der Waals surface area contributed by atoms with E-state index in [1.54, 1.807) is 6.92 Å². The van der Waals surface area contributed by atoms with E-state index in [1.165, 1.54) is 43.5 Å². The Morgan fingerprint density at radius 3 is 2.34 bits per heavy atom. The van der Waals surface area contributed by atoms with E-state index >= 15 is 0 Å². The second-order valence-corrected chi connectivity index (χ2v) is 6.69. The summed E-state index contributed by atoms with van der Waals surface area (Å²) < 4.78 is 15.0. The van der Waals surface area contributed by atoms with E-state index < -0.39 is 29.6 Å². The second-order valence-electron chi connectivity index (χ2n) is 6.69. The Hall–Kier alpha value is -4.52. The Balaban J connectivity index is 1.77. The number of ether oxygens (including phenoxy) is 2. The summed E-state index contributed by atoms with van der Waals surface area (Å²) in [6.45, 7) is 2.29. The van der Waals surface area contributed by atoms with E-state index in [-0.39, 0.29) is 32.1 Å². The summed E-state index contributed by atoms with van der Waals surface area (Å²) in [5.41, 5.74) is 2.68. The van der Waals surface area contributed by atoms with Crippen molar-refractivity contribution in [2.45, 2.75) is 13.5 Å². The standard InChI is InChI=1S/C22H25N5O8/c1-3-34-22(32)14-4-6-15(7-5-14)26-20(30)18(28)24-12-16-8-9-17(35-16)13-25-27-21(31)19(29)23-10-11-33-2/h4-9,13H,3,10-12H2,1-2H3,(H,23,29)(H,24,28)(H,26,30)(H,27,31)/b25-13+. The monoisotopic (exact) mass is 487 g/mol. The Bertz CT molecular complexity index is 1080. The molecule has 0 bridgehead atoms. The molecule has 0 aliphatic rings. The maximum atomic E-state index is 12.1. The van der Waals surface area contributed by atoms with Crippen LogP contribution < -0.4 is 21.4 Å². The second kappa shape index (κ2) is 13.9. The van der Waals surface area contributed by atoms with Gasteiger partial charge in [-0.15, -0.1) is 0 Å². The summed E-state index contributed by atoms with van der Waals surface area (Å²) in [4.78, 5) is 58.8. The molecule has 186 valence electrons. The van der Waals surface area contributed by atoms with Gasteiger partial charge in [0, 0.05) is 19.3 Å². The summed E-state index contributed by atoms with van der Waals surface area (Å²) in [7, 11) is 1.46. The quantitative estimate of drug-likeness (QED) is 0.118. The zero-order chi connectivity index (χ0) is 25.6. The van der Waals surface area contributed by atoms with Crippen LogP contribution in [0.15, 0.2) is 45.9 Å². The zero-order valence-corrected chi connectivity index (χ0v) is 19.1. The largest absolute Gasteiger partial charge is 0.462 e. The highest BCUT2D eigenvalue weighted by Gasteiger charge is 2.15. The normalized spacial score (nSPS) is 10.5. The van der Waals surface area contributed by atoms with Crippen molar-refractivity contribution < 1.29 is 37.9 Å². The molecule has 4 amide bonds. The van der Waals surface area contributed by atoms with E-state index in [4.69, 9.17) is 13.9 Å². The van der Waals surface area contributed by atoms with Gasteiger partial charge in [0.25, 0.3) is 0 Å². The lowest BCUT2D eigenvalue weighted by molar-refractivity contribution is -0.139. The number of hydrogen-bond acceptors (Lipinski definition) is 9. The van der Waals surface area contributed by atoms with Gasteiger partial charge in [-0.1, -0.05) is 0 Å². The van der Waals surface area contributed by atoms with E-state index in [0.29, 0.717) is 17.0 Å². The van der Waals surface area contributed by atoms with Crippen molar-refractivity contribution in [2.24, 2.45) is 5.10 Å². The van der Waals surface area contributed by atoms with Crippen molar-refractivity contribution >= 4 is 41.5 Å². The lowest BCUT2D eigenvalue weighted by Crippen LogP contribution is -2.39. The van der Waals surface area contributed by atoms with Crippen molar-refractivity contribution in [3.63, 3.8) is 0 Å². The molecule has 35 heavy (non-hydrogen) atoms. The lowest BCUT2D eigenvalue weighted by atomic mass is 10.2. The van der Waals surface area contributed by atoms with Crippen LogP contribution in [0.1, 0.15) is 28.8 Å². The molecule has 0 saturated heterocycles. The number of methoxy groups -OCH3 is 1. The molecular formula is C22H25N5O8. The number of furan rings is 1. The Kier molecular flexibility index (Phi) is 10.6. The zero-order valence-electron chi connectivity index (χ0n) is 19.1. The minimum Gasteiger partial charge on any atom is -0.462 e. The van der Waals surface area contributed by atoms with Crippen LogP contribution in [0.25, 0.3) is 0 Å². The van der Waals surface area contributed by atoms with Crippen molar-refractivity contribution in [3.05, 3.63) is 53.5 Å². The number of benzene rings is 1. The number of nitrogens with one attached hydrogen (secondary N) is 4. The highest BCUT2D eigenvalue weighted by atomic mass is 16.5. The number of hydrogen-bond donors (Lipinski definition) is 4. The number of carbonyl (C=O) groups excluding carboxylic acids is 5. The lowest BCUT2D eigenvalue weighted by Gasteiger charge is -2.06. The van der Waals surface area contributed by atoms with Crippen LogP contribution >= 0.6 is 0 Å². The Morgan fingerprint density at radius 2 is 1.66 bits per heavy atom. The maximum Gasteiger partial charge on any atom is 0.338 e. The van der Waals surface area contributed by atoms with Crippen LogP contribution in [0.5, 0.6) is 0 Å². The first kappa shape index (κ1) is 26.7. The predicted molar refractivity (Wildman–Crippen MR) is 122 cm³/mol. The van der Waals surface area contributed by atoms with Gasteiger partial charge in [0.05, 0.1) is 31.5 Å². The molecule has 0 spiro atoms. The van der Waals surface area contributed by atoms with Gasteiger partial charge in [-0.05, 0) is 43.3 Å². The van der Waals surface area contributed by atoms with Crippen LogP contribution in [0.4, 0.5) is 5.69 Å². The first-order valence-corrected chi connectivity index (χ1v) is 10.4. The maximum absolute atomic E-state index is 12.1. The third-order valence-electron chi connectivity index (χ3n) is 4.12. The number of amides is 4. The van der Waals surface area contributed by atoms with E-state index in [2.05, 4.69) is 21.1 Å². The minimum atomic E-state index is -0.960. The molecule has 0 aliphatic carbocycles. The molecular weight excluding hydrogens is 462 g/mol. The van der Waals surface area contributed by atoms with Gasteiger partial charge >= 0.3 is 29.6 Å². The highest BCUT2D eigenvalue weighted by Crippen LogP contribution is 2.11. The molecule has 1 aromatic carbocycles. The first-order valence-electron chi connectivity index (χ1n) is 10.4. The number of esters is 1. The summed E-state index contributed by atoms with van der Waals surface area (Å²) in [5.74, 6) is -3.58. The number of carbonyl (C=O) groups is 5. The summed E-state index contributed by atoms with van der Waals surface area (Å²) >= 11 is 0. The first-order chi connectivity index (χ1) is 16.8. The van der Waals surface area contributed by atoms with Crippen molar-refractivity contribution in [3.8, 4) is 0 Å². The summed E-state index contributed by atoms with van der Waals surface area (Å²) in [6, 6.07) is 8.92. The smallest absolute Gasteiger partial charge is 0.338 e. The van der Waals surface area contributed by atoms with Gasteiger partial charge in [0.15, 0.2) is 0 Å². The number of rotatable bonds is 10. The molecule has 2 rings (SSSR count).